The SMILES string of the molecule is Cc1cc(C)c(-c2cc[c-]c(-c3cc4c5c(cccc5n3)-c3ccccc3-4)c2)c(C)c1.[Ir]. The van der Waals surface area contributed by atoms with Crippen molar-refractivity contribution in [1.29, 1.82) is 0 Å². The second kappa shape index (κ2) is 7.81. The van der Waals surface area contributed by atoms with Gasteiger partial charge in [-0.05, 0) is 71.5 Å². The van der Waals surface area contributed by atoms with Crippen molar-refractivity contribution in [2.75, 3.05) is 0 Å². The van der Waals surface area contributed by atoms with E-state index in [1.165, 1.54) is 55.5 Å². The van der Waals surface area contributed by atoms with Gasteiger partial charge in [0.05, 0.1) is 5.52 Å². The monoisotopic (exact) mass is 589 g/mol. The molecule has 0 bridgehead atoms. The third kappa shape index (κ3) is 3.14. The Balaban J connectivity index is 0.00000216. The van der Waals surface area contributed by atoms with Gasteiger partial charge in [0, 0.05) is 25.5 Å². The molecule has 1 heterocycles. The van der Waals surface area contributed by atoms with Crippen molar-refractivity contribution in [1.82, 2.24) is 4.98 Å². The van der Waals surface area contributed by atoms with E-state index >= 15 is 0 Å². The van der Waals surface area contributed by atoms with Gasteiger partial charge in [-0.25, -0.2) is 0 Å². The first kappa shape index (κ1) is 20.8. The third-order valence-electron chi connectivity index (χ3n) is 6.38. The molecule has 4 aromatic carbocycles. The van der Waals surface area contributed by atoms with Crippen LogP contribution in [-0.4, -0.2) is 4.98 Å². The smallest absolute Gasteiger partial charge is 0.0607 e. The molecule has 0 unspecified atom stereocenters. The molecule has 0 spiro atoms. The molecule has 0 N–H and O–H groups in total. The normalized spacial score (nSPS) is 11.3. The zero-order valence-electron chi connectivity index (χ0n) is 18.3. The third-order valence-corrected chi connectivity index (χ3v) is 6.38. The molecule has 1 aromatic heterocycles. The zero-order chi connectivity index (χ0) is 21.1. The number of fused-ring (bicyclic) bond motifs is 3. The molecule has 6 rings (SSSR count). The van der Waals surface area contributed by atoms with Gasteiger partial charge in [-0.3, -0.25) is 4.98 Å². The standard InChI is InChI=1S/C30H22N.Ir/c1-18-14-19(2)29(20(3)15-18)22-9-6-8-21(16-22)28-17-26-24-11-5-4-10-23(24)25-12-7-13-27(31-28)30(25)26;/h4-7,9-17H,1-3H3;/q-1;. The average molecular weight is 589 g/mol. The Labute approximate surface area is 202 Å². The van der Waals surface area contributed by atoms with Crippen LogP contribution < -0.4 is 0 Å². The minimum absolute atomic E-state index is 0. The van der Waals surface area contributed by atoms with E-state index in [-0.39, 0.29) is 20.1 Å². The average Bonchev–Trinajstić information content (AvgIpc) is 3.09. The summed E-state index contributed by atoms with van der Waals surface area (Å²) in [6, 6.07) is 31.7. The minimum atomic E-state index is 0. The Morgan fingerprint density at radius 1 is 0.688 bits per heavy atom. The van der Waals surface area contributed by atoms with Crippen LogP contribution in [-0.2, 0) is 20.1 Å². The molecular weight excluding hydrogens is 567 g/mol. The molecule has 5 aromatic rings. The summed E-state index contributed by atoms with van der Waals surface area (Å²) in [5.74, 6) is 0. The van der Waals surface area contributed by atoms with Crippen LogP contribution in [0.5, 0.6) is 0 Å². The number of nitrogens with zero attached hydrogens (tertiary/aromatic N) is 1. The molecule has 0 saturated heterocycles. The van der Waals surface area contributed by atoms with Gasteiger partial charge in [0.25, 0.3) is 0 Å². The summed E-state index contributed by atoms with van der Waals surface area (Å²) >= 11 is 0. The van der Waals surface area contributed by atoms with Crippen molar-refractivity contribution in [3.63, 3.8) is 0 Å². The van der Waals surface area contributed by atoms with E-state index in [9.17, 15) is 0 Å². The predicted molar refractivity (Wildman–Crippen MR) is 130 cm³/mol. The molecule has 0 amide bonds. The number of aryl methyl sites for hydroxylation is 3. The van der Waals surface area contributed by atoms with Crippen molar-refractivity contribution in [2.24, 2.45) is 0 Å². The molecule has 0 saturated carbocycles. The molecule has 32 heavy (non-hydrogen) atoms. The van der Waals surface area contributed by atoms with Crippen molar-refractivity contribution < 1.29 is 20.1 Å². The number of pyridine rings is 1. The van der Waals surface area contributed by atoms with E-state index in [1.807, 2.05) is 6.07 Å². The van der Waals surface area contributed by atoms with Crippen LogP contribution in [0.3, 0.4) is 0 Å². The van der Waals surface area contributed by atoms with E-state index in [4.69, 9.17) is 4.98 Å². The molecule has 0 atom stereocenters. The van der Waals surface area contributed by atoms with E-state index in [2.05, 4.69) is 99.6 Å². The first-order valence-corrected chi connectivity index (χ1v) is 10.7. The Bertz CT molecular complexity index is 1490. The fourth-order valence-corrected chi connectivity index (χ4v) is 5.22. The Morgan fingerprint density at radius 3 is 2.12 bits per heavy atom. The van der Waals surface area contributed by atoms with Crippen LogP contribution >= 0.6 is 0 Å². The van der Waals surface area contributed by atoms with Gasteiger partial charge >= 0.3 is 0 Å². The number of hydrogen-bond acceptors (Lipinski definition) is 1. The first-order chi connectivity index (χ1) is 15.1. The number of benzene rings is 4. The van der Waals surface area contributed by atoms with Crippen LogP contribution in [0, 0.1) is 26.8 Å². The van der Waals surface area contributed by atoms with Crippen LogP contribution in [0.15, 0.2) is 78.9 Å². The van der Waals surface area contributed by atoms with Gasteiger partial charge in [0.15, 0.2) is 0 Å². The van der Waals surface area contributed by atoms with Gasteiger partial charge in [-0.15, -0.1) is 35.4 Å². The second-order valence-corrected chi connectivity index (χ2v) is 8.57. The summed E-state index contributed by atoms with van der Waals surface area (Å²) in [5, 5.41) is 1.26. The number of rotatable bonds is 2. The number of aromatic nitrogens is 1. The molecular formula is C30H22IrN-. The van der Waals surface area contributed by atoms with Crippen molar-refractivity contribution in [3.05, 3.63) is 102 Å². The van der Waals surface area contributed by atoms with Crippen molar-refractivity contribution in [3.8, 4) is 44.6 Å². The van der Waals surface area contributed by atoms with Gasteiger partial charge in [0.1, 0.15) is 0 Å². The maximum absolute atomic E-state index is 5.05. The molecule has 1 aliphatic rings. The van der Waals surface area contributed by atoms with Crippen LogP contribution in [0.4, 0.5) is 0 Å². The molecule has 1 nitrogen and oxygen atoms in total. The largest absolute Gasteiger partial charge is 0.296 e. The van der Waals surface area contributed by atoms with E-state index in [0.717, 1.165) is 16.8 Å². The Hall–Kier alpha value is -3.06. The fraction of sp³-hybridized carbons (Fsp3) is 0.100. The van der Waals surface area contributed by atoms with Gasteiger partial charge in [0.2, 0.25) is 0 Å². The first-order valence-electron chi connectivity index (χ1n) is 10.7. The predicted octanol–water partition coefficient (Wildman–Crippen LogP) is 7.94. The van der Waals surface area contributed by atoms with E-state index in [0.29, 0.717) is 0 Å². The van der Waals surface area contributed by atoms with Crippen LogP contribution in [0.2, 0.25) is 0 Å². The summed E-state index contributed by atoms with van der Waals surface area (Å²) in [7, 11) is 0. The molecule has 0 fully saturated rings. The second-order valence-electron chi connectivity index (χ2n) is 8.57. The van der Waals surface area contributed by atoms with Gasteiger partial charge < -0.3 is 0 Å². The maximum atomic E-state index is 5.05. The quantitative estimate of drug-likeness (QED) is 0.187. The minimum Gasteiger partial charge on any atom is -0.296 e. The summed E-state index contributed by atoms with van der Waals surface area (Å²) in [6.07, 6.45) is 0. The summed E-state index contributed by atoms with van der Waals surface area (Å²) in [5.41, 5.74) is 14.6. The fourth-order valence-electron chi connectivity index (χ4n) is 5.22. The molecule has 0 aliphatic heterocycles. The summed E-state index contributed by atoms with van der Waals surface area (Å²) < 4.78 is 0. The van der Waals surface area contributed by atoms with Crippen LogP contribution in [0.1, 0.15) is 16.7 Å². The van der Waals surface area contributed by atoms with Crippen LogP contribution in [0.25, 0.3) is 55.5 Å². The topological polar surface area (TPSA) is 12.9 Å². The molecule has 2 heteroatoms. The Morgan fingerprint density at radius 2 is 1.38 bits per heavy atom. The molecule has 1 radical (unpaired) electrons. The maximum Gasteiger partial charge on any atom is 0.0607 e. The van der Waals surface area contributed by atoms with E-state index < -0.39 is 0 Å². The van der Waals surface area contributed by atoms with Gasteiger partial charge in [-0.1, -0.05) is 60.2 Å². The van der Waals surface area contributed by atoms with E-state index in [1.54, 1.807) is 0 Å². The molecule has 1 aliphatic carbocycles. The van der Waals surface area contributed by atoms with Crippen molar-refractivity contribution in [2.45, 2.75) is 20.8 Å². The summed E-state index contributed by atoms with van der Waals surface area (Å²) in [4.78, 5) is 5.05. The van der Waals surface area contributed by atoms with Gasteiger partial charge in [-0.2, -0.15) is 0 Å². The zero-order valence-corrected chi connectivity index (χ0v) is 20.7. The van der Waals surface area contributed by atoms with Crippen molar-refractivity contribution >= 4 is 10.9 Å². The Kier molecular flexibility index (Phi) is 5.08. The molecule has 157 valence electrons. The number of hydrogen-bond donors (Lipinski definition) is 0. The summed E-state index contributed by atoms with van der Waals surface area (Å²) in [6.45, 7) is 6.54.